The van der Waals surface area contributed by atoms with Gasteiger partial charge in [0.1, 0.15) is 6.54 Å². The maximum atomic E-state index is 13.8. The van der Waals surface area contributed by atoms with Gasteiger partial charge in [0.2, 0.25) is 17.6 Å². The lowest BCUT2D eigenvalue weighted by atomic mass is 9.95. The summed E-state index contributed by atoms with van der Waals surface area (Å²) in [6.07, 6.45) is 6.42. The van der Waals surface area contributed by atoms with E-state index in [1.807, 2.05) is 35.2 Å². The smallest absolute Gasteiger partial charge is 0.246 e. The van der Waals surface area contributed by atoms with Crippen molar-refractivity contribution in [1.82, 2.24) is 15.0 Å². The highest BCUT2D eigenvalue weighted by Gasteiger charge is 2.35. The summed E-state index contributed by atoms with van der Waals surface area (Å²) < 4.78 is 5.58. The second kappa shape index (κ2) is 9.77. The van der Waals surface area contributed by atoms with Crippen LogP contribution in [0.1, 0.15) is 50.0 Å². The van der Waals surface area contributed by atoms with Gasteiger partial charge in [-0.15, -0.1) is 0 Å². The molecule has 1 aliphatic heterocycles. The zero-order valence-electron chi connectivity index (χ0n) is 19.3. The van der Waals surface area contributed by atoms with Crippen LogP contribution in [0.15, 0.2) is 59.1 Å². The summed E-state index contributed by atoms with van der Waals surface area (Å²) in [4.78, 5) is 22.8. The number of hydrogen-bond acceptors (Lipinski definition) is 5. The minimum Gasteiger partial charge on any atom is -0.371 e. The van der Waals surface area contributed by atoms with Crippen molar-refractivity contribution in [3.05, 3.63) is 66.1 Å². The average molecular weight is 445 g/mol. The van der Waals surface area contributed by atoms with Crippen molar-refractivity contribution >= 4 is 11.6 Å². The van der Waals surface area contributed by atoms with Crippen LogP contribution in [0.25, 0.3) is 11.4 Å². The van der Waals surface area contributed by atoms with Crippen molar-refractivity contribution < 1.29 is 9.32 Å². The molecule has 1 saturated carbocycles. The molecule has 0 radical (unpaired) electrons. The Hall–Kier alpha value is -3.15. The van der Waals surface area contributed by atoms with E-state index in [1.54, 1.807) is 0 Å². The third-order valence-corrected chi connectivity index (χ3v) is 7.02. The third-order valence-electron chi connectivity index (χ3n) is 7.02. The lowest BCUT2D eigenvalue weighted by Gasteiger charge is -2.37. The number of carbonyl (C=O) groups is 1. The van der Waals surface area contributed by atoms with Crippen LogP contribution < -0.4 is 4.90 Å². The summed E-state index contributed by atoms with van der Waals surface area (Å²) in [5.74, 6) is 1.32. The fraction of sp³-hybridized carbons (Fsp3) is 0.444. The second-order valence-corrected chi connectivity index (χ2v) is 9.40. The van der Waals surface area contributed by atoms with Crippen molar-refractivity contribution in [2.24, 2.45) is 5.92 Å². The van der Waals surface area contributed by atoms with Gasteiger partial charge in [-0.3, -0.25) is 4.79 Å². The van der Waals surface area contributed by atoms with Gasteiger partial charge in [0.15, 0.2) is 0 Å². The fourth-order valence-corrected chi connectivity index (χ4v) is 5.18. The minimum absolute atomic E-state index is 0.00262. The fourth-order valence-electron chi connectivity index (χ4n) is 5.18. The van der Waals surface area contributed by atoms with Crippen LogP contribution in [-0.2, 0) is 11.3 Å². The van der Waals surface area contributed by atoms with Gasteiger partial charge in [0, 0.05) is 30.4 Å². The van der Waals surface area contributed by atoms with Crippen molar-refractivity contribution in [3.63, 3.8) is 0 Å². The predicted octanol–water partition coefficient (Wildman–Crippen LogP) is 5.23. The molecule has 0 unspecified atom stereocenters. The molecule has 6 nitrogen and oxygen atoms in total. The Morgan fingerprint density at radius 3 is 2.55 bits per heavy atom. The first-order valence-electron chi connectivity index (χ1n) is 12.2. The van der Waals surface area contributed by atoms with E-state index in [0.29, 0.717) is 18.3 Å². The molecule has 1 aliphatic carbocycles. The van der Waals surface area contributed by atoms with Gasteiger partial charge in [-0.05, 0) is 44.7 Å². The second-order valence-electron chi connectivity index (χ2n) is 9.40. The molecule has 2 aliphatic rings. The maximum Gasteiger partial charge on any atom is 0.246 e. The molecule has 2 aromatic carbocycles. The first-order valence-corrected chi connectivity index (χ1v) is 12.2. The van der Waals surface area contributed by atoms with Gasteiger partial charge < -0.3 is 14.3 Å². The van der Waals surface area contributed by atoms with Gasteiger partial charge in [-0.1, -0.05) is 66.0 Å². The van der Waals surface area contributed by atoms with E-state index in [4.69, 9.17) is 4.52 Å². The number of amides is 1. The van der Waals surface area contributed by atoms with E-state index >= 15 is 0 Å². The Kier molecular flexibility index (Phi) is 6.42. The molecule has 5 rings (SSSR count). The topological polar surface area (TPSA) is 62.5 Å². The van der Waals surface area contributed by atoms with Crippen LogP contribution in [0.3, 0.4) is 0 Å². The van der Waals surface area contributed by atoms with Gasteiger partial charge in [0.05, 0.1) is 5.92 Å². The van der Waals surface area contributed by atoms with Crippen LogP contribution >= 0.6 is 0 Å². The van der Waals surface area contributed by atoms with E-state index in [-0.39, 0.29) is 17.9 Å². The summed E-state index contributed by atoms with van der Waals surface area (Å²) in [5, 5.41) is 4.16. The predicted molar refractivity (Wildman–Crippen MR) is 129 cm³/mol. The van der Waals surface area contributed by atoms with Gasteiger partial charge in [0.25, 0.3) is 0 Å². The molecular formula is C27H32N4O2. The van der Waals surface area contributed by atoms with Gasteiger partial charge in [-0.25, -0.2) is 0 Å². The average Bonchev–Trinajstić information content (AvgIpc) is 3.56. The van der Waals surface area contributed by atoms with E-state index in [2.05, 4.69) is 46.2 Å². The highest BCUT2D eigenvalue weighted by atomic mass is 16.5. The lowest BCUT2D eigenvalue weighted by Crippen LogP contribution is -2.47. The van der Waals surface area contributed by atoms with Crippen LogP contribution in [0.2, 0.25) is 0 Å². The molecule has 33 heavy (non-hydrogen) atoms. The number of hydrogen-bond donors (Lipinski definition) is 0. The number of aromatic nitrogens is 2. The molecule has 172 valence electrons. The number of benzene rings is 2. The van der Waals surface area contributed by atoms with Crippen molar-refractivity contribution in [2.75, 3.05) is 18.0 Å². The molecule has 0 bridgehead atoms. The van der Waals surface area contributed by atoms with Crippen molar-refractivity contribution in [1.29, 1.82) is 0 Å². The summed E-state index contributed by atoms with van der Waals surface area (Å²) in [6.45, 7) is 4.27. The molecule has 1 aromatic heterocycles. The van der Waals surface area contributed by atoms with Gasteiger partial charge >= 0.3 is 0 Å². The summed E-state index contributed by atoms with van der Waals surface area (Å²) in [7, 11) is 0. The Morgan fingerprint density at radius 2 is 1.79 bits per heavy atom. The van der Waals surface area contributed by atoms with Gasteiger partial charge in [-0.2, -0.15) is 4.98 Å². The Bertz CT molecular complexity index is 1060. The molecule has 0 N–H and O–H groups in total. The third kappa shape index (κ3) is 4.95. The number of nitrogens with zero attached hydrogens (tertiary/aromatic N) is 4. The molecule has 2 fully saturated rings. The quantitative estimate of drug-likeness (QED) is 0.521. The van der Waals surface area contributed by atoms with E-state index in [0.717, 1.165) is 44.3 Å². The number of aryl methyl sites for hydroxylation is 1. The van der Waals surface area contributed by atoms with Crippen LogP contribution in [0.4, 0.5) is 5.69 Å². The first kappa shape index (κ1) is 21.7. The standard InChI is InChI=1S/C27H32N4O2/c1-20-13-15-23(16-14-20)30-17-7-10-22(18-30)27(32)31(24-11-5-6-12-24)19-25-28-26(29-33-25)21-8-3-2-4-9-21/h2-4,8-9,13-16,22,24H,5-7,10-12,17-19H2,1H3/t22-/m0/s1. The Balaban J connectivity index is 1.32. The number of piperidine rings is 1. The summed E-state index contributed by atoms with van der Waals surface area (Å²) in [5.41, 5.74) is 3.38. The number of anilines is 1. The molecular weight excluding hydrogens is 412 g/mol. The molecule has 3 aromatic rings. The van der Waals surface area contributed by atoms with E-state index < -0.39 is 0 Å². The summed E-state index contributed by atoms with van der Waals surface area (Å²) >= 11 is 0. The highest BCUT2D eigenvalue weighted by Crippen LogP contribution is 2.30. The first-order chi connectivity index (χ1) is 16.2. The van der Waals surface area contributed by atoms with Crippen molar-refractivity contribution in [2.45, 2.75) is 58.0 Å². The zero-order valence-corrected chi connectivity index (χ0v) is 19.3. The van der Waals surface area contributed by atoms with Crippen LogP contribution in [-0.4, -0.2) is 40.1 Å². The Morgan fingerprint density at radius 1 is 1.03 bits per heavy atom. The van der Waals surface area contributed by atoms with Crippen molar-refractivity contribution in [3.8, 4) is 11.4 Å². The van der Waals surface area contributed by atoms with Crippen LogP contribution in [0, 0.1) is 12.8 Å². The normalized spacial score (nSPS) is 19.1. The molecule has 1 saturated heterocycles. The summed E-state index contributed by atoms with van der Waals surface area (Å²) in [6, 6.07) is 18.7. The molecule has 2 heterocycles. The van der Waals surface area contributed by atoms with E-state index in [9.17, 15) is 4.79 Å². The molecule has 1 amide bonds. The van der Waals surface area contributed by atoms with Crippen LogP contribution in [0.5, 0.6) is 0 Å². The Labute approximate surface area is 195 Å². The van der Waals surface area contributed by atoms with E-state index in [1.165, 1.54) is 24.1 Å². The number of rotatable bonds is 6. The molecule has 1 atom stereocenters. The maximum absolute atomic E-state index is 13.8. The largest absolute Gasteiger partial charge is 0.371 e. The highest BCUT2D eigenvalue weighted by molar-refractivity contribution is 5.80. The SMILES string of the molecule is Cc1ccc(N2CCC[C@H](C(=O)N(Cc3nc(-c4ccccc4)no3)C3CCCC3)C2)cc1. The monoisotopic (exact) mass is 444 g/mol. The lowest BCUT2D eigenvalue weighted by molar-refractivity contribution is -0.139. The molecule has 6 heteroatoms. The molecule has 0 spiro atoms. The minimum atomic E-state index is -0.00262. The zero-order chi connectivity index (χ0) is 22.6. The number of carbonyl (C=O) groups excluding carboxylic acids is 1.